The average Bonchev–Trinajstić information content (AvgIpc) is 3.34. The number of carbonyl (C=O) groups excluding carboxylic acids is 2. The molecule has 0 radical (unpaired) electrons. The summed E-state index contributed by atoms with van der Waals surface area (Å²) < 4.78 is 10.6. The van der Waals surface area contributed by atoms with Crippen LogP contribution in [0.25, 0.3) is 0 Å². The first kappa shape index (κ1) is 16.1. The Morgan fingerprint density at radius 3 is 2.59 bits per heavy atom. The minimum atomic E-state index is -0.157. The van der Waals surface area contributed by atoms with E-state index in [0.717, 1.165) is 18.4 Å². The van der Waals surface area contributed by atoms with Gasteiger partial charge in [-0.2, -0.15) is 0 Å². The minimum absolute atomic E-state index is 0.0323. The normalized spacial score (nSPS) is 13.4. The molecular weight excluding hydrogens is 284 g/mol. The van der Waals surface area contributed by atoms with E-state index in [1.165, 1.54) is 0 Å². The lowest BCUT2D eigenvalue weighted by molar-refractivity contribution is -0.126. The van der Waals surface area contributed by atoms with E-state index in [9.17, 15) is 9.59 Å². The monoisotopic (exact) mass is 306 g/mol. The van der Waals surface area contributed by atoms with Gasteiger partial charge >= 0.3 is 0 Å². The standard InChI is InChI=1S/C16H22N2O4/c1-21-13-5-3-4-11(16(13)22-2)6-9-14(19)17-10-15(20)18-12-7-8-12/h3-5,12H,6-10H2,1-2H3,(H,17,19)(H,18,20). The van der Waals surface area contributed by atoms with Gasteiger partial charge in [-0.1, -0.05) is 12.1 Å². The Kier molecular flexibility index (Phi) is 5.63. The van der Waals surface area contributed by atoms with Crippen molar-refractivity contribution in [1.82, 2.24) is 10.6 Å². The van der Waals surface area contributed by atoms with Gasteiger partial charge in [-0.05, 0) is 30.9 Å². The third-order valence-corrected chi connectivity index (χ3v) is 3.49. The van der Waals surface area contributed by atoms with Crippen molar-refractivity contribution < 1.29 is 19.1 Å². The number of carbonyl (C=O) groups is 2. The first-order valence-electron chi connectivity index (χ1n) is 7.40. The Bertz CT molecular complexity index is 541. The number of para-hydroxylation sites is 1. The summed E-state index contributed by atoms with van der Waals surface area (Å²) in [7, 11) is 3.15. The van der Waals surface area contributed by atoms with Crippen LogP contribution in [0.5, 0.6) is 11.5 Å². The summed E-state index contributed by atoms with van der Waals surface area (Å²) >= 11 is 0. The van der Waals surface area contributed by atoms with Crippen LogP contribution in [0.3, 0.4) is 0 Å². The largest absolute Gasteiger partial charge is 0.493 e. The molecule has 0 aromatic heterocycles. The summed E-state index contributed by atoms with van der Waals surface area (Å²) in [6.07, 6.45) is 2.89. The van der Waals surface area contributed by atoms with Gasteiger partial charge in [-0.25, -0.2) is 0 Å². The summed E-state index contributed by atoms with van der Waals surface area (Å²) in [5, 5.41) is 5.45. The number of methoxy groups -OCH3 is 2. The highest BCUT2D eigenvalue weighted by molar-refractivity contribution is 5.85. The molecule has 1 saturated carbocycles. The van der Waals surface area contributed by atoms with Gasteiger partial charge in [0.25, 0.3) is 0 Å². The third kappa shape index (κ3) is 4.65. The van der Waals surface area contributed by atoms with Gasteiger partial charge in [0, 0.05) is 12.5 Å². The molecule has 6 nitrogen and oxygen atoms in total. The lowest BCUT2D eigenvalue weighted by Crippen LogP contribution is -2.37. The third-order valence-electron chi connectivity index (χ3n) is 3.49. The predicted molar refractivity (Wildman–Crippen MR) is 82.0 cm³/mol. The van der Waals surface area contributed by atoms with E-state index >= 15 is 0 Å². The number of amides is 2. The molecule has 0 unspecified atom stereocenters. The van der Waals surface area contributed by atoms with Crippen molar-refractivity contribution in [2.75, 3.05) is 20.8 Å². The van der Waals surface area contributed by atoms with Gasteiger partial charge in [-0.15, -0.1) is 0 Å². The second-order valence-electron chi connectivity index (χ2n) is 5.27. The van der Waals surface area contributed by atoms with E-state index in [2.05, 4.69) is 10.6 Å². The fourth-order valence-corrected chi connectivity index (χ4v) is 2.17. The van der Waals surface area contributed by atoms with Gasteiger partial charge in [0.1, 0.15) is 0 Å². The van der Waals surface area contributed by atoms with Crippen LogP contribution < -0.4 is 20.1 Å². The lowest BCUT2D eigenvalue weighted by Gasteiger charge is -2.12. The van der Waals surface area contributed by atoms with Crippen molar-refractivity contribution in [3.63, 3.8) is 0 Å². The Morgan fingerprint density at radius 2 is 1.95 bits per heavy atom. The van der Waals surface area contributed by atoms with Crippen molar-refractivity contribution in [3.8, 4) is 11.5 Å². The van der Waals surface area contributed by atoms with Crippen LogP contribution in [0.4, 0.5) is 0 Å². The van der Waals surface area contributed by atoms with Gasteiger partial charge < -0.3 is 20.1 Å². The number of hydrogen-bond donors (Lipinski definition) is 2. The molecule has 22 heavy (non-hydrogen) atoms. The number of hydrogen-bond acceptors (Lipinski definition) is 4. The summed E-state index contributed by atoms with van der Waals surface area (Å²) in [5.41, 5.74) is 0.902. The maximum Gasteiger partial charge on any atom is 0.239 e. The fourth-order valence-electron chi connectivity index (χ4n) is 2.17. The van der Waals surface area contributed by atoms with Crippen LogP contribution in [0, 0.1) is 0 Å². The van der Waals surface area contributed by atoms with Gasteiger partial charge in [0.15, 0.2) is 11.5 Å². The van der Waals surface area contributed by atoms with Crippen LogP contribution in [-0.4, -0.2) is 38.6 Å². The van der Waals surface area contributed by atoms with Gasteiger partial charge in [-0.3, -0.25) is 9.59 Å². The summed E-state index contributed by atoms with van der Waals surface area (Å²) in [5.74, 6) is 0.999. The molecule has 0 spiro atoms. The number of benzene rings is 1. The van der Waals surface area contributed by atoms with E-state index in [4.69, 9.17) is 9.47 Å². The molecular formula is C16H22N2O4. The quantitative estimate of drug-likeness (QED) is 0.752. The first-order valence-corrected chi connectivity index (χ1v) is 7.40. The molecule has 1 fully saturated rings. The molecule has 1 aromatic carbocycles. The second-order valence-corrected chi connectivity index (χ2v) is 5.27. The van der Waals surface area contributed by atoms with Gasteiger partial charge in [0.05, 0.1) is 20.8 Å². The van der Waals surface area contributed by atoms with E-state index in [1.54, 1.807) is 14.2 Å². The molecule has 2 amide bonds. The van der Waals surface area contributed by atoms with E-state index in [0.29, 0.717) is 30.4 Å². The molecule has 0 aliphatic heterocycles. The zero-order valence-electron chi connectivity index (χ0n) is 13.0. The van der Waals surface area contributed by atoms with E-state index < -0.39 is 0 Å². The van der Waals surface area contributed by atoms with E-state index in [1.807, 2.05) is 18.2 Å². The molecule has 2 N–H and O–H groups in total. The number of ether oxygens (including phenoxy) is 2. The van der Waals surface area contributed by atoms with Crippen molar-refractivity contribution in [1.29, 1.82) is 0 Å². The summed E-state index contributed by atoms with van der Waals surface area (Å²) in [6.45, 7) is 0.0323. The van der Waals surface area contributed by atoms with Crippen molar-refractivity contribution in [3.05, 3.63) is 23.8 Å². The minimum Gasteiger partial charge on any atom is -0.493 e. The Morgan fingerprint density at radius 1 is 1.18 bits per heavy atom. The van der Waals surface area contributed by atoms with Crippen LogP contribution in [0.15, 0.2) is 18.2 Å². The first-order chi connectivity index (χ1) is 10.6. The van der Waals surface area contributed by atoms with E-state index in [-0.39, 0.29) is 18.4 Å². The second kappa shape index (κ2) is 7.68. The zero-order valence-corrected chi connectivity index (χ0v) is 13.0. The molecule has 0 heterocycles. The fraction of sp³-hybridized carbons (Fsp3) is 0.500. The van der Waals surface area contributed by atoms with Crippen molar-refractivity contribution in [2.24, 2.45) is 0 Å². The summed E-state index contributed by atoms with van der Waals surface area (Å²) in [4.78, 5) is 23.3. The molecule has 120 valence electrons. The molecule has 2 rings (SSSR count). The topological polar surface area (TPSA) is 76.7 Å². The van der Waals surface area contributed by atoms with Crippen LogP contribution in [-0.2, 0) is 16.0 Å². The zero-order chi connectivity index (χ0) is 15.9. The average molecular weight is 306 g/mol. The molecule has 0 atom stereocenters. The molecule has 1 aliphatic carbocycles. The molecule has 1 aromatic rings. The Hall–Kier alpha value is -2.24. The number of aryl methyl sites for hydroxylation is 1. The van der Waals surface area contributed by atoms with Crippen molar-refractivity contribution >= 4 is 11.8 Å². The highest BCUT2D eigenvalue weighted by atomic mass is 16.5. The predicted octanol–water partition coefficient (Wildman–Crippen LogP) is 1.03. The molecule has 0 saturated heterocycles. The summed E-state index contributed by atoms with van der Waals surface area (Å²) in [6, 6.07) is 5.88. The number of rotatable bonds is 8. The maximum absolute atomic E-state index is 11.8. The Labute approximate surface area is 130 Å². The van der Waals surface area contributed by atoms with Crippen LogP contribution in [0.1, 0.15) is 24.8 Å². The molecule has 1 aliphatic rings. The molecule has 0 bridgehead atoms. The van der Waals surface area contributed by atoms with Crippen molar-refractivity contribution in [2.45, 2.75) is 31.7 Å². The lowest BCUT2D eigenvalue weighted by atomic mass is 10.1. The van der Waals surface area contributed by atoms with Gasteiger partial charge in [0.2, 0.25) is 11.8 Å². The maximum atomic E-state index is 11.8. The Balaban J connectivity index is 1.79. The van der Waals surface area contributed by atoms with Crippen LogP contribution in [0.2, 0.25) is 0 Å². The highest BCUT2D eigenvalue weighted by Gasteiger charge is 2.23. The molecule has 6 heteroatoms. The SMILES string of the molecule is COc1cccc(CCC(=O)NCC(=O)NC2CC2)c1OC. The highest BCUT2D eigenvalue weighted by Crippen LogP contribution is 2.31. The number of nitrogens with one attached hydrogen (secondary N) is 2. The van der Waals surface area contributed by atoms with Crippen LogP contribution >= 0.6 is 0 Å². The smallest absolute Gasteiger partial charge is 0.239 e.